The van der Waals surface area contributed by atoms with Crippen LogP contribution in [0.3, 0.4) is 0 Å². The Morgan fingerprint density at radius 3 is 2.67 bits per heavy atom. The number of aliphatic hydroxyl groups excluding tert-OH is 1. The molecule has 0 spiro atoms. The third-order valence-electron chi connectivity index (χ3n) is 3.34. The molecule has 1 aromatic carbocycles. The number of urea groups is 1. The highest BCUT2D eigenvalue weighted by molar-refractivity contribution is 5.90. The van der Waals surface area contributed by atoms with E-state index in [1.165, 1.54) is 0 Å². The number of rotatable bonds is 8. The van der Waals surface area contributed by atoms with Gasteiger partial charge in [0, 0.05) is 31.5 Å². The fourth-order valence-corrected chi connectivity index (χ4v) is 1.98. The molecule has 0 aliphatic heterocycles. The first kappa shape index (κ1) is 17.3. The Balaban J connectivity index is 2.75. The number of amides is 2. The Hall–Kier alpha value is -1.75. The lowest BCUT2D eigenvalue weighted by Gasteiger charge is -2.23. The Bertz CT molecular complexity index is 441. The molecule has 1 aromatic rings. The second-order valence-electron chi connectivity index (χ2n) is 5.03. The van der Waals surface area contributed by atoms with Crippen molar-refractivity contribution in [2.45, 2.75) is 33.1 Å². The van der Waals surface area contributed by atoms with Gasteiger partial charge in [0.25, 0.3) is 0 Å². The SMILES string of the molecule is CCCCN(CCCO)C(=O)Nc1cc(OC)ccc1C. The average Bonchev–Trinajstić information content (AvgIpc) is 2.49. The molecule has 0 saturated heterocycles. The predicted octanol–water partition coefficient (Wildman–Crippen LogP) is 3.02. The molecule has 0 heterocycles. The van der Waals surface area contributed by atoms with Crippen molar-refractivity contribution < 1.29 is 14.6 Å². The maximum atomic E-state index is 12.4. The van der Waals surface area contributed by atoms with Crippen molar-refractivity contribution in [3.63, 3.8) is 0 Å². The van der Waals surface area contributed by atoms with Crippen LogP contribution in [-0.2, 0) is 0 Å². The number of aliphatic hydroxyl groups is 1. The zero-order chi connectivity index (χ0) is 15.7. The minimum absolute atomic E-state index is 0.0914. The Morgan fingerprint density at radius 1 is 1.33 bits per heavy atom. The minimum atomic E-state index is -0.131. The Labute approximate surface area is 126 Å². The second kappa shape index (κ2) is 9.23. The summed E-state index contributed by atoms with van der Waals surface area (Å²) in [5.74, 6) is 0.714. The highest BCUT2D eigenvalue weighted by atomic mass is 16.5. The smallest absolute Gasteiger partial charge is 0.321 e. The first-order valence-corrected chi connectivity index (χ1v) is 7.43. The van der Waals surface area contributed by atoms with Gasteiger partial charge in [-0.05, 0) is 31.4 Å². The molecule has 5 heteroatoms. The number of unbranched alkanes of at least 4 members (excludes halogenated alkanes) is 1. The molecule has 118 valence electrons. The first-order chi connectivity index (χ1) is 10.1. The molecule has 0 fully saturated rings. The molecule has 0 aromatic heterocycles. The van der Waals surface area contributed by atoms with Crippen LogP contribution in [0, 0.1) is 6.92 Å². The molecule has 0 saturated carbocycles. The van der Waals surface area contributed by atoms with Crippen LogP contribution in [0.1, 0.15) is 31.7 Å². The van der Waals surface area contributed by atoms with Gasteiger partial charge in [0.2, 0.25) is 0 Å². The molecule has 2 N–H and O–H groups in total. The van der Waals surface area contributed by atoms with E-state index >= 15 is 0 Å². The Kier molecular flexibility index (Phi) is 7.61. The number of nitrogens with zero attached hydrogens (tertiary/aromatic N) is 1. The first-order valence-electron chi connectivity index (χ1n) is 7.43. The van der Waals surface area contributed by atoms with E-state index in [-0.39, 0.29) is 12.6 Å². The number of ether oxygens (including phenoxy) is 1. The van der Waals surface area contributed by atoms with E-state index in [0.29, 0.717) is 25.3 Å². The third-order valence-corrected chi connectivity index (χ3v) is 3.34. The normalized spacial score (nSPS) is 10.3. The lowest BCUT2D eigenvalue weighted by atomic mass is 10.2. The van der Waals surface area contributed by atoms with Crippen LogP contribution in [0.2, 0.25) is 0 Å². The van der Waals surface area contributed by atoms with Gasteiger partial charge in [-0.25, -0.2) is 4.79 Å². The molecule has 0 radical (unpaired) electrons. The largest absolute Gasteiger partial charge is 0.497 e. The molecule has 0 atom stereocenters. The van der Waals surface area contributed by atoms with Crippen LogP contribution in [0.5, 0.6) is 5.75 Å². The zero-order valence-corrected chi connectivity index (χ0v) is 13.2. The molecule has 5 nitrogen and oxygen atoms in total. The summed E-state index contributed by atoms with van der Waals surface area (Å²) in [6, 6.07) is 5.47. The standard InChI is InChI=1S/C16H26N2O3/c1-4-5-9-18(10-6-11-19)16(20)17-15-12-14(21-3)8-7-13(15)2/h7-8,12,19H,4-6,9-11H2,1-3H3,(H,17,20). The summed E-state index contributed by atoms with van der Waals surface area (Å²) in [5, 5.41) is 11.9. The third kappa shape index (κ3) is 5.63. The van der Waals surface area contributed by atoms with Crippen LogP contribution in [-0.4, -0.2) is 42.8 Å². The average molecular weight is 294 g/mol. The van der Waals surface area contributed by atoms with E-state index < -0.39 is 0 Å². The summed E-state index contributed by atoms with van der Waals surface area (Å²) in [6.07, 6.45) is 2.57. The molecule has 0 aliphatic rings. The van der Waals surface area contributed by atoms with Crippen molar-refractivity contribution in [1.82, 2.24) is 4.90 Å². The number of aryl methyl sites for hydroxylation is 1. The quantitative estimate of drug-likeness (QED) is 0.774. The van der Waals surface area contributed by atoms with E-state index in [2.05, 4.69) is 12.2 Å². The number of methoxy groups -OCH3 is 1. The topological polar surface area (TPSA) is 61.8 Å². The van der Waals surface area contributed by atoms with Gasteiger partial charge in [-0.15, -0.1) is 0 Å². The highest BCUT2D eigenvalue weighted by Crippen LogP contribution is 2.22. The molecule has 0 aliphatic carbocycles. The summed E-state index contributed by atoms with van der Waals surface area (Å²) in [5.41, 5.74) is 1.74. The fraction of sp³-hybridized carbons (Fsp3) is 0.562. The maximum absolute atomic E-state index is 12.4. The number of hydrogen-bond donors (Lipinski definition) is 2. The second-order valence-corrected chi connectivity index (χ2v) is 5.03. The van der Waals surface area contributed by atoms with Crippen LogP contribution in [0.15, 0.2) is 18.2 Å². The number of hydrogen-bond acceptors (Lipinski definition) is 3. The fourth-order valence-electron chi connectivity index (χ4n) is 1.98. The molecule has 1 rings (SSSR count). The van der Waals surface area contributed by atoms with Crippen LogP contribution in [0.4, 0.5) is 10.5 Å². The van der Waals surface area contributed by atoms with Crippen molar-refractivity contribution in [3.8, 4) is 5.75 Å². The highest BCUT2D eigenvalue weighted by Gasteiger charge is 2.14. The van der Waals surface area contributed by atoms with Crippen molar-refractivity contribution >= 4 is 11.7 Å². The van der Waals surface area contributed by atoms with Gasteiger partial charge in [0.1, 0.15) is 5.75 Å². The van der Waals surface area contributed by atoms with Gasteiger partial charge < -0.3 is 20.1 Å². The summed E-state index contributed by atoms with van der Waals surface area (Å²) in [7, 11) is 1.60. The van der Waals surface area contributed by atoms with E-state index in [4.69, 9.17) is 9.84 Å². The lowest BCUT2D eigenvalue weighted by molar-refractivity contribution is 0.201. The zero-order valence-electron chi connectivity index (χ0n) is 13.2. The Morgan fingerprint density at radius 2 is 2.05 bits per heavy atom. The van der Waals surface area contributed by atoms with Gasteiger partial charge >= 0.3 is 6.03 Å². The van der Waals surface area contributed by atoms with Gasteiger partial charge in [-0.3, -0.25) is 0 Å². The number of anilines is 1. The van der Waals surface area contributed by atoms with Crippen LogP contribution < -0.4 is 10.1 Å². The summed E-state index contributed by atoms with van der Waals surface area (Å²) >= 11 is 0. The van der Waals surface area contributed by atoms with Gasteiger partial charge in [-0.2, -0.15) is 0 Å². The molecular weight excluding hydrogens is 268 g/mol. The number of carbonyl (C=O) groups excluding carboxylic acids is 1. The lowest BCUT2D eigenvalue weighted by Crippen LogP contribution is -2.37. The molecule has 2 amide bonds. The van der Waals surface area contributed by atoms with E-state index in [9.17, 15) is 4.79 Å². The minimum Gasteiger partial charge on any atom is -0.497 e. The summed E-state index contributed by atoms with van der Waals surface area (Å²) < 4.78 is 5.18. The number of benzene rings is 1. The van der Waals surface area contributed by atoms with E-state index in [1.807, 2.05) is 25.1 Å². The summed E-state index contributed by atoms with van der Waals surface area (Å²) in [6.45, 7) is 5.39. The van der Waals surface area contributed by atoms with Crippen molar-refractivity contribution in [2.75, 3.05) is 32.1 Å². The van der Waals surface area contributed by atoms with E-state index in [0.717, 1.165) is 24.1 Å². The predicted molar refractivity (Wildman–Crippen MR) is 84.9 cm³/mol. The molecule has 0 bridgehead atoms. The van der Waals surface area contributed by atoms with Crippen LogP contribution >= 0.6 is 0 Å². The molecule has 0 unspecified atom stereocenters. The maximum Gasteiger partial charge on any atom is 0.321 e. The van der Waals surface area contributed by atoms with Crippen molar-refractivity contribution in [2.24, 2.45) is 0 Å². The van der Waals surface area contributed by atoms with Gasteiger partial charge in [-0.1, -0.05) is 19.4 Å². The monoisotopic (exact) mass is 294 g/mol. The van der Waals surface area contributed by atoms with Gasteiger partial charge in [0.05, 0.1) is 7.11 Å². The number of carbonyl (C=O) groups is 1. The van der Waals surface area contributed by atoms with E-state index in [1.54, 1.807) is 12.0 Å². The van der Waals surface area contributed by atoms with Crippen LogP contribution in [0.25, 0.3) is 0 Å². The molecule has 21 heavy (non-hydrogen) atoms. The van der Waals surface area contributed by atoms with Crippen molar-refractivity contribution in [1.29, 1.82) is 0 Å². The van der Waals surface area contributed by atoms with Crippen molar-refractivity contribution in [3.05, 3.63) is 23.8 Å². The van der Waals surface area contributed by atoms with Gasteiger partial charge in [0.15, 0.2) is 0 Å². The number of nitrogens with one attached hydrogen (secondary N) is 1. The summed E-state index contributed by atoms with van der Waals surface area (Å²) in [4.78, 5) is 14.1. The molecular formula is C16H26N2O3.